The summed E-state index contributed by atoms with van der Waals surface area (Å²) in [7, 11) is 0. The normalized spacial score (nSPS) is 19.2. The molecule has 5 aromatic carbocycles. The molecule has 0 radical (unpaired) electrons. The van der Waals surface area contributed by atoms with Crippen molar-refractivity contribution in [2.45, 2.75) is 185 Å². The number of ether oxygens (including phenoxy) is 6. The van der Waals surface area contributed by atoms with Gasteiger partial charge in [-0.05, 0) is 47.1 Å². The second kappa shape index (κ2) is 32.9. The molecule has 384 valence electrons. The van der Waals surface area contributed by atoms with Gasteiger partial charge in [0.05, 0.1) is 51.3 Å². The molecule has 1 fully saturated rings. The van der Waals surface area contributed by atoms with E-state index in [1.807, 2.05) is 152 Å². The number of aliphatic hydroxyl groups is 2. The molecule has 3 N–H and O–H groups in total. The molecule has 71 heavy (non-hydrogen) atoms. The van der Waals surface area contributed by atoms with E-state index in [4.69, 9.17) is 28.4 Å². The van der Waals surface area contributed by atoms with Gasteiger partial charge in [-0.15, -0.1) is 0 Å². The summed E-state index contributed by atoms with van der Waals surface area (Å²) >= 11 is 0. The third kappa shape index (κ3) is 20.6. The fourth-order valence-corrected chi connectivity index (χ4v) is 9.34. The van der Waals surface area contributed by atoms with Crippen LogP contribution in [0.15, 0.2) is 152 Å². The van der Waals surface area contributed by atoms with Gasteiger partial charge in [0.1, 0.15) is 37.1 Å². The Kier molecular flexibility index (Phi) is 25.7. The number of nitrogens with one attached hydrogen (secondary N) is 1. The molecule has 5 aromatic rings. The number of benzene rings is 5. The van der Waals surface area contributed by atoms with Crippen LogP contribution < -0.4 is 5.32 Å². The molecule has 1 heterocycles. The van der Waals surface area contributed by atoms with Crippen LogP contribution in [-0.2, 0) is 61.5 Å². The number of rotatable bonds is 34. The minimum absolute atomic E-state index is 0.0630. The van der Waals surface area contributed by atoms with Crippen LogP contribution in [0.1, 0.15) is 131 Å². The molecule has 1 aliphatic heterocycles. The van der Waals surface area contributed by atoms with Crippen molar-refractivity contribution in [3.8, 4) is 0 Å². The third-order valence-corrected chi connectivity index (χ3v) is 13.4. The van der Waals surface area contributed by atoms with E-state index in [2.05, 4.69) is 12.2 Å². The molecule has 0 aromatic heterocycles. The first kappa shape index (κ1) is 55.4. The van der Waals surface area contributed by atoms with Crippen molar-refractivity contribution in [3.05, 3.63) is 179 Å². The van der Waals surface area contributed by atoms with E-state index >= 15 is 0 Å². The molecule has 1 saturated heterocycles. The summed E-state index contributed by atoms with van der Waals surface area (Å²) in [6, 6.07) is 48.7. The fourth-order valence-electron chi connectivity index (χ4n) is 9.34. The molecule has 10 nitrogen and oxygen atoms in total. The Labute approximate surface area is 424 Å². The number of hydrogen-bond acceptors (Lipinski definition) is 9. The fraction of sp³-hybridized carbons (Fsp3) is 0.492. The van der Waals surface area contributed by atoms with Gasteiger partial charge in [-0.3, -0.25) is 0 Å². The average molecular weight is 972 g/mol. The molecule has 0 aliphatic carbocycles. The maximum atomic E-state index is 13.6. The van der Waals surface area contributed by atoms with Crippen molar-refractivity contribution in [2.24, 2.45) is 0 Å². The maximum absolute atomic E-state index is 13.6. The first-order valence-corrected chi connectivity index (χ1v) is 26.5. The highest BCUT2D eigenvalue weighted by Crippen LogP contribution is 2.34. The van der Waals surface area contributed by atoms with Gasteiger partial charge in [-0.1, -0.05) is 236 Å². The highest BCUT2D eigenvalue weighted by atomic mass is 16.6. The minimum atomic E-state index is -1.27. The molecule has 1 amide bonds. The van der Waals surface area contributed by atoms with Crippen LogP contribution in [0.5, 0.6) is 0 Å². The van der Waals surface area contributed by atoms with E-state index in [1.54, 1.807) is 0 Å². The summed E-state index contributed by atoms with van der Waals surface area (Å²) in [6.45, 7) is 3.79. The Morgan fingerprint density at radius 3 is 1.35 bits per heavy atom. The number of unbranched alkanes of at least 4 members (excludes halogenated alkanes) is 11. The highest BCUT2D eigenvalue weighted by Gasteiger charge is 2.48. The number of amides is 1. The second-order valence-electron chi connectivity index (χ2n) is 19.1. The molecule has 0 bridgehead atoms. The first-order valence-electron chi connectivity index (χ1n) is 26.5. The van der Waals surface area contributed by atoms with E-state index in [-0.39, 0.29) is 26.2 Å². The largest absolute Gasteiger partial charge is 0.445 e. The SMILES string of the molecule is CCCCCCCCCCCCCC[C@H](O)[C@@H](O)[C@H](CC[C@H]1OC(COCc2ccccc2)[C@H](OCc2ccccc2)[C@@H](OCc2ccccc2)C1OCc1ccccc1)NC(=O)OCc1ccccc1. The van der Waals surface area contributed by atoms with Crippen LogP contribution >= 0.6 is 0 Å². The lowest BCUT2D eigenvalue weighted by Crippen LogP contribution is -2.61. The topological polar surface area (TPSA) is 125 Å². The number of alkyl carbamates (subject to hydrolysis) is 1. The molecule has 2 unspecified atom stereocenters. The molecule has 0 spiro atoms. The Balaban J connectivity index is 1.21. The van der Waals surface area contributed by atoms with Crippen molar-refractivity contribution in [2.75, 3.05) is 6.61 Å². The highest BCUT2D eigenvalue weighted by molar-refractivity contribution is 5.67. The molecular weight excluding hydrogens is 891 g/mol. The summed E-state index contributed by atoms with van der Waals surface area (Å²) < 4.78 is 40.0. The molecule has 0 saturated carbocycles. The van der Waals surface area contributed by atoms with Gasteiger partial charge in [0.2, 0.25) is 0 Å². The maximum Gasteiger partial charge on any atom is 0.407 e. The van der Waals surface area contributed by atoms with Gasteiger partial charge in [0.25, 0.3) is 0 Å². The van der Waals surface area contributed by atoms with Crippen LogP contribution in [0.2, 0.25) is 0 Å². The van der Waals surface area contributed by atoms with Crippen LogP contribution in [0.3, 0.4) is 0 Å². The zero-order chi connectivity index (χ0) is 49.6. The molecule has 10 heteroatoms. The van der Waals surface area contributed by atoms with Crippen molar-refractivity contribution < 1.29 is 43.4 Å². The minimum Gasteiger partial charge on any atom is -0.445 e. The molecule has 1 aliphatic rings. The van der Waals surface area contributed by atoms with Gasteiger partial charge in [-0.2, -0.15) is 0 Å². The first-order chi connectivity index (χ1) is 35.0. The average Bonchev–Trinajstić information content (AvgIpc) is 3.41. The Bertz CT molecular complexity index is 2100. The summed E-state index contributed by atoms with van der Waals surface area (Å²) in [5.41, 5.74) is 4.87. The van der Waals surface area contributed by atoms with Crippen LogP contribution in [0.25, 0.3) is 0 Å². The molecule has 8 atom stereocenters. The van der Waals surface area contributed by atoms with Crippen LogP contribution in [0, 0.1) is 0 Å². The monoisotopic (exact) mass is 972 g/mol. The number of aliphatic hydroxyl groups excluding tert-OH is 2. The number of carbonyl (C=O) groups is 1. The van der Waals surface area contributed by atoms with E-state index in [0.29, 0.717) is 32.7 Å². The Hall–Kier alpha value is -4.91. The van der Waals surface area contributed by atoms with Gasteiger partial charge in [0, 0.05) is 0 Å². The number of hydrogen-bond donors (Lipinski definition) is 3. The standard InChI is InChI=1S/C61H81NO9/c1-2-3-4-5-6-7-8-9-10-11-12-28-39-54(63)57(64)53(62-61(65)70-46-52-37-26-17-27-38-52)40-41-55-58(67-43-49-31-20-14-21-32-49)60(69-45-51-35-24-16-25-36-51)59(68-44-50-33-22-15-23-34-50)56(71-55)47-66-42-48-29-18-13-19-30-48/h13-27,29-38,53-60,63-64H,2-12,28,39-47H2,1H3,(H,62,65)/t53-,54-,55+,56?,57-,58?,59-,60-/m0/s1. The quantitative estimate of drug-likeness (QED) is 0.0346. The lowest BCUT2D eigenvalue weighted by molar-refractivity contribution is -0.274. The zero-order valence-corrected chi connectivity index (χ0v) is 42.2. The second-order valence-corrected chi connectivity index (χ2v) is 19.1. The van der Waals surface area contributed by atoms with Crippen molar-refractivity contribution in [1.82, 2.24) is 5.32 Å². The lowest BCUT2D eigenvalue weighted by atomic mass is 9.89. The smallest absolute Gasteiger partial charge is 0.407 e. The summed E-state index contributed by atoms with van der Waals surface area (Å²) in [5, 5.41) is 26.4. The summed E-state index contributed by atoms with van der Waals surface area (Å²) in [6.07, 6.45) is 9.31. The Morgan fingerprint density at radius 2 is 0.887 bits per heavy atom. The predicted molar refractivity (Wildman–Crippen MR) is 280 cm³/mol. The van der Waals surface area contributed by atoms with Gasteiger partial charge in [-0.25, -0.2) is 4.79 Å². The molecular formula is C61H81NO9. The van der Waals surface area contributed by atoms with Gasteiger partial charge >= 0.3 is 6.09 Å². The van der Waals surface area contributed by atoms with Crippen molar-refractivity contribution in [3.63, 3.8) is 0 Å². The van der Waals surface area contributed by atoms with E-state index < -0.39 is 54.9 Å². The number of carbonyl (C=O) groups excluding carboxylic acids is 1. The summed E-state index contributed by atoms with van der Waals surface area (Å²) in [5.74, 6) is 0. The van der Waals surface area contributed by atoms with E-state index in [0.717, 1.165) is 47.1 Å². The predicted octanol–water partition coefficient (Wildman–Crippen LogP) is 12.6. The van der Waals surface area contributed by atoms with Gasteiger partial charge in [0.15, 0.2) is 0 Å². The lowest BCUT2D eigenvalue weighted by Gasteiger charge is -2.46. The third-order valence-electron chi connectivity index (χ3n) is 13.4. The van der Waals surface area contributed by atoms with Crippen molar-refractivity contribution in [1.29, 1.82) is 0 Å². The molecule has 6 rings (SSSR count). The Morgan fingerprint density at radius 1 is 0.493 bits per heavy atom. The van der Waals surface area contributed by atoms with E-state index in [1.165, 1.54) is 57.8 Å². The summed E-state index contributed by atoms with van der Waals surface area (Å²) in [4.78, 5) is 13.6. The van der Waals surface area contributed by atoms with E-state index in [9.17, 15) is 15.0 Å². The van der Waals surface area contributed by atoms with Crippen LogP contribution in [-0.4, -0.2) is 71.7 Å². The van der Waals surface area contributed by atoms with Crippen molar-refractivity contribution >= 4 is 6.09 Å². The van der Waals surface area contributed by atoms with Gasteiger partial charge < -0.3 is 44.0 Å². The zero-order valence-electron chi connectivity index (χ0n) is 42.2. The van der Waals surface area contributed by atoms with Crippen LogP contribution in [0.4, 0.5) is 4.79 Å².